The molecule has 0 spiro atoms. The van der Waals surface area contributed by atoms with Gasteiger partial charge in [0.2, 0.25) is 10.0 Å². The summed E-state index contributed by atoms with van der Waals surface area (Å²) in [6, 6.07) is 13.4. The predicted octanol–water partition coefficient (Wildman–Crippen LogP) is 2.39. The highest BCUT2D eigenvalue weighted by molar-refractivity contribution is 7.89. The van der Waals surface area contributed by atoms with Gasteiger partial charge in [-0.2, -0.15) is 4.31 Å². The second kappa shape index (κ2) is 7.64. The van der Waals surface area contributed by atoms with Crippen LogP contribution in [0, 0.1) is 6.92 Å². The van der Waals surface area contributed by atoms with Gasteiger partial charge in [0.15, 0.2) is 0 Å². The van der Waals surface area contributed by atoms with Crippen molar-refractivity contribution in [2.45, 2.75) is 18.4 Å². The molecule has 1 N–H and O–H groups in total. The molecule has 0 unspecified atom stereocenters. The van der Waals surface area contributed by atoms with Crippen LogP contribution in [0.4, 0.5) is 0 Å². The highest BCUT2D eigenvalue weighted by Gasteiger charge is 2.32. The largest absolute Gasteiger partial charge is 0.329 e. The summed E-state index contributed by atoms with van der Waals surface area (Å²) in [4.78, 5) is 1.53. The lowest BCUT2D eigenvalue weighted by molar-refractivity contribution is -0.917. The Morgan fingerprint density at radius 3 is 2.32 bits per heavy atom. The molecule has 0 amide bonds. The number of halogens is 2. The van der Waals surface area contributed by atoms with Crippen molar-refractivity contribution in [3.8, 4) is 0 Å². The molecule has 0 atom stereocenters. The molecule has 7 heteroatoms. The van der Waals surface area contributed by atoms with Gasteiger partial charge in [-0.25, -0.2) is 8.42 Å². The quantitative estimate of drug-likeness (QED) is 0.857. The maximum atomic E-state index is 12.9. The molecule has 1 aliphatic rings. The van der Waals surface area contributed by atoms with Crippen molar-refractivity contribution in [3.63, 3.8) is 0 Å². The van der Waals surface area contributed by atoms with Crippen molar-refractivity contribution < 1.29 is 13.3 Å². The lowest BCUT2D eigenvalue weighted by Gasteiger charge is -2.31. The normalized spacial score (nSPS) is 16.9. The molecule has 0 saturated carbocycles. The maximum absolute atomic E-state index is 12.9. The van der Waals surface area contributed by atoms with E-state index in [0.717, 1.165) is 19.6 Å². The zero-order chi connectivity index (χ0) is 18.0. The number of rotatable bonds is 4. The standard InChI is InChI=1S/C18H20Cl2N2O2S/c1-14-16(19)7-8-17(18(14)20)25(23,24)22-11-9-21(10-12-22)13-15-5-3-2-4-6-15/h2-8H,9-13H2,1H3/p+1. The number of quaternary nitrogens is 1. The Morgan fingerprint density at radius 2 is 1.68 bits per heavy atom. The molecular weight excluding hydrogens is 379 g/mol. The molecule has 0 aliphatic carbocycles. The van der Waals surface area contributed by atoms with E-state index in [1.807, 2.05) is 18.2 Å². The fourth-order valence-corrected chi connectivity index (χ4v) is 5.30. The smallest absolute Gasteiger partial charge is 0.244 e. The number of piperazine rings is 1. The minimum absolute atomic E-state index is 0.141. The molecule has 0 bridgehead atoms. The number of sulfonamides is 1. The van der Waals surface area contributed by atoms with Crippen LogP contribution in [0.25, 0.3) is 0 Å². The Kier molecular flexibility index (Phi) is 5.71. The van der Waals surface area contributed by atoms with E-state index in [4.69, 9.17) is 23.2 Å². The Labute approximate surface area is 159 Å². The molecule has 0 aromatic heterocycles. The molecule has 134 valence electrons. The Morgan fingerprint density at radius 1 is 1.04 bits per heavy atom. The van der Waals surface area contributed by atoms with Gasteiger partial charge < -0.3 is 4.90 Å². The van der Waals surface area contributed by atoms with E-state index in [2.05, 4.69) is 12.1 Å². The van der Waals surface area contributed by atoms with Gasteiger partial charge >= 0.3 is 0 Å². The van der Waals surface area contributed by atoms with Gasteiger partial charge in [-0.3, -0.25) is 0 Å². The monoisotopic (exact) mass is 399 g/mol. The summed E-state index contributed by atoms with van der Waals surface area (Å²) >= 11 is 12.3. The van der Waals surface area contributed by atoms with Crippen molar-refractivity contribution in [2.24, 2.45) is 0 Å². The summed E-state index contributed by atoms with van der Waals surface area (Å²) in [6.45, 7) is 5.17. The highest BCUT2D eigenvalue weighted by atomic mass is 35.5. The Hall–Kier alpha value is -1.11. The van der Waals surface area contributed by atoms with Crippen LogP contribution in [0.2, 0.25) is 10.0 Å². The van der Waals surface area contributed by atoms with Gasteiger partial charge in [-0.1, -0.05) is 53.5 Å². The van der Waals surface area contributed by atoms with Crippen LogP contribution in [-0.4, -0.2) is 38.9 Å². The fourth-order valence-electron chi connectivity index (χ4n) is 3.08. The molecule has 4 nitrogen and oxygen atoms in total. The SMILES string of the molecule is Cc1c(Cl)ccc(S(=O)(=O)N2CC[NH+](Cc3ccccc3)CC2)c1Cl. The van der Waals surface area contributed by atoms with Gasteiger partial charge in [0.05, 0.1) is 31.2 Å². The average Bonchev–Trinajstić information content (AvgIpc) is 2.61. The fraction of sp³-hybridized carbons (Fsp3) is 0.333. The first kappa shape index (κ1) is 18.7. The van der Waals surface area contributed by atoms with E-state index < -0.39 is 10.0 Å². The molecular formula is C18H21Cl2N2O2S+. The van der Waals surface area contributed by atoms with Gasteiger partial charge in [-0.05, 0) is 24.6 Å². The first-order valence-electron chi connectivity index (χ1n) is 8.22. The van der Waals surface area contributed by atoms with E-state index in [-0.39, 0.29) is 9.92 Å². The summed E-state index contributed by atoms with van der Waals surface area (Å²) in [5.74, 6) is 0. The van der Waals surface area contributed by atoms with E-state index in [9.17, 15) is 8.42 Å². The van der Waals surface area contributed by atoms with Crippen molar-refractivity contribution in [1.82, 2.24) is 4.31 Å². The molecule has 25 heavy (non-hydrogen) atoms. The highest BCUT2D eigenvalue weighted by Crippen LogP contribution is 2.31. The topological polar surface area (TPSA) is 41.8 Å². The Balaban J connectivity index is 1.71. The van der Waals surface area contributed by atoms with Crippen molar-refractivity contribution in [1.29, 1.82) is 0 Å². The lowest BCUT2D eigenvalue weighted by Crippen LogP contribution is -3.13. The van der Waals surface area contributed by atoms with Crippen LogP contribution in [-0.2, 0) is 16.6 Å². The summed E-state index contributed by atoms with van der Waals surface area (Å²) in [6.07, 6.45) is 0. The second-order valence-corrected chi connectivity index (χ2v) is 8.99. The summed E-state index contributed by atoms with van der Waals surface area (Å²) in [5.41, 5.74) is 1.86. The predicted molar refractivity (Wildman–Crippen MR) is 101 cm³/mol. The van der Waals surface area contributed by atoms with E-state index in [1.165, 1.54) is 20.8 Å². The van der Waals surface area contributed by atoms with Crippen LogP contribution in [0.15, 0.2) is 47.4 Å². The molecule has 1 aliphatic heterocycles. The van der Waals surface area contributed by atoms with E-state index in [1.54, 1.807) is 13.0 Å². The number of nitrogens with zero attached hydrogens (tertiary/aromatic N) is 1. The zero-order valence-electron chi connectivity index (χ0n) is 14.0. The number of hydrogen-bond acceptors (Lipinski definition) is 2. The van der Waals surface area contributed by atoms with E-state index >= 15 is 0 Å². The van der Waals surface area contributed by atoms with Crippen LogP contribution in [0.3, 0.4) is 0 Å². The van der Waals surface area contributed by atoms with Crippen molar-refractivity contribution >= 4 is 33.2 Å². The minimum atomic E-state index is -3.60. The molecule has 2 aromatic rings. The molecule has 1 saturated heterocycles. The molecule has 0 radical (unpaired) electrons. The number of hydrogen-bond donors (Lipinski definition) is 1. The third kappa shape index (κ3) is 4.01. The molecule has 3 rings (SSSR count). The van der Waals surface area contributed by atoms with Gasteiger partial charge in [0.1, 0.15) is 11.4 Å². The number of benzene rings is 2. The van der Waals surface area contributed by atoms with Crippen molar-refractivity contribution in [2.75, 3.05) is 26.2 Å². The van der Waals surface area contributed by atoms with Crippen LogP contribution >= 0.6 is 23.2 Å². The van der Waals surface area contributed by atoms with Crippen molar-refractivity contribution in [3.05, 3.63) is 63.6 Å². The van der Waals surface area contributed by atoms with Gasteiger partial charge in [0.25, 0.3) is 0 Å². The third-order valence-corrected chi connectivity index (χ3v) is 7.58. The molecule has 1 heterocycles. The first-order valence-corrected chi connectivity index (χ1v) is 10.4. The van der Waals surface area contributed by atoms with Crippen LogP contribution in [0.1, 0.15) is 11.1 Å². The summed E-state index contributed by atoms with van der Waals surface area (Å²) < 4.78 is 27.4. The molecule has 1 fully saturated rings. The van der Waals surface area contributed by atoms with Gasteiger partial charge in [0, 0.05) is 10.6 Å². The van der Waals surface area contributed by atoms with Gasteiger partial charge in [-0.15, -0.1) is 0 Å². The first-order chi connectivity index (χ1) is 11.9. The average molecular weight is 400 g/mol. The van der Waals surface area contributed by atoms with Crippen LogP contribution in [0.5, 0.6) is 0 Å². The summed E-state index contributed by atoms with van der Waals surface area (Å²) in [5, 5.41) is 0.688. The zero-order valence-corrected chi connectivity index (χ0v) is 16.3. The van der Waals surface area contributed by atoms with Crippen LogP contribution < -0.4 is 4.90 Å². The minimum Gasteiger partial charge on any atom is -0.329 e. The second-order valence-electron chi connectivity index (χ2n) is 6.30. The molecule has 2 aromatic carbocycles. The number of nitrogens with one attached hydrogen (secondary N) is 1. The summed E-state index contributed by atoms with van der Waals surface area (Å²) in [7, 11) is -3.60. The third-order valence-electron chi connectivity index (χ3n) is 4.63. The lowest BCUT2D eigenvalue weighted by atomic mass is 10.2. The maximum Gasteiger partial charge on any atom is 0.244 e. The Bertz CT molecular complexity index is 849. The van der Waals surface area contributed by atoms with E-state index in [0.29, 0.717) is 23.7 Å².